The minimum Gasteiger partial charge on any atom is -0.490 e. The van der Waals surface area contributed by atoms with Gasteiger partial charge in [-0.3, -0.25) is 14.9 Å². The predicted octanol–water partition coefficient (Wildman–Crippen LogP) is 4.16. The Hall–Kier alpha value is -3.32. The normalized spacial score (nSPS) is 16.2. The molecule has 1 heterocycles. The number of carbonyl (C=O) groups is 2. The van der Waals surface area contributed by atoms with Crippen LogP contribution in [0.3, 0.4) is 0 Å². The van der Waals surface area contributed by atoms with Gasteiger partial charge in [-0.1, -0.05) is 65.4 Å². The van der Waals surface area contributed by atoms with Crippen LogP contribution in [-0.2, 0) is 16.1 Å². The molecule has 0 aliphatic carbocycles. The van der Waals surface area contributed by atoms with E-state index in [1.165, 1.54) is 5.39 Å². The number of nitrogens with one attached hydrogen (secondary N) is 1. The van der Waals surface area contributed by atoms with Gasteiger partial charge in [-0.05, 0) is 46.5 Å². The minimum atomic E-state index is -0.363. The van der Waals surface area contributed by atoms with Crippen LogP contribution in [0.5, 0.6) is 5.75 Å². The summed E-state index contributed by atoms with van der Waals surface area (Å²) in [5, 5.41) is 7.99. The van der Waals surface area contributed by atoms with Crippen LogP contribution in [0.4, 0.5) is 4.79 Å². The third kappa shape index (κ3) is 5.18. The van der Waals surface area contributed by atoms with Gasteiger partial charge in [0.25, 0.3) is 5.24 Å². The molecule has 1 saturated heterocycles. The van der Waals surface area contributed by atoms with Crippen molar-refractivity contribution in [2.24, 2.45) is 5.16 Å². The van der Waals surface area contributed by atoms with Crippen LogP contribution < -0.4 is 10.1 Å². The van der Waals surface area contributed by atoms with Gasteiger partial charge >= 0.3 is 0 Å². The fraction of sp³-hybridized carbons (Fsp3) is 0.174. The van der Waals surface area contributed by atoms with E-state index in [9.17, 15) is 9.59 Å². The molecule has 30 heavy (non-hydrogen) atoms. The molecule has 6 nitrogen and oxygen atoms in total. The average molecular weight is 420 g/mol. The van der Waals surface area contributed by atoms with Gasteiger partial charge in [0.2, 0.25) is 5.91 Å². The quantitative estimate of drug-likeness (QED) is 0.336. The number of oxime groups is 1. The van der Waals surface area contributed by atoms with E-state index >= 15 is 0 Å². The van der Waals surface area contributed by atoms with Gasteiger partial charge in [-0.2, -0.15) is 0 Å². The van der Waals surface area contributed by atoms with Gasteiger partial charge < -0.3 is 9.57 Å². The molecule has 7 heteroatoms. The number of thioether (sulfide) groups is 1. The number of hydrogen-bond donors (Lipinski definition) is 1. The second-order valence-electron chi connectivity index (χ2n) is 6.75. The van der Waals surface area contributed by atoms with Crippen molar-refractivity contribution in [2.45, 2.75) is 11.7 Å². The minimum absolute atomic E-state index is 0.230. The van der Waals surface area contributed by atoms with Crippen LogP contribution in [0.1, 0.15) is 11.1 Å². The summed E-state index contributed by atoms with van der Waals surface area (Å²) in [6, 6.07) is 21.7. The number of rotatable bonds is 8. The summed E-state index contributed by atoms with van der Waals surface area (Å²) in [4.78, 5) is 28.1. The number of benzene rings is 3. The molecule has 3 aromatic rings. The molecule has 152 valence electrons. The van der Waals surface area contributed by atoms with E-state index < -0.39 is 0 Å². The second-order valence-corrected chi connectivity index (χ2v) is 7.93. The number of amides is 2. The Bertz CT molecular complexity index is 1080. The first-order valence-corrected chi connectivity index (χ1v) is 10.4. The molecule has 1 fully saturated rings. The largest absolute Gasteiger partial charge is 0.490 e. The van der Waals surface area contributed by atoms with Crippen molar-refractivity contribution in [1.29, 1.82) is 0 Å². The van der Waals surface area contributed by atoms with E-state index in [4.69, 9.17) is 9.57 Å². The SMILES string of the molecule is O=C1NC(=O)C(Cc2ccc(OCCO/N=C/c3ccc4ccccc4c3)cc2)S1. The molecule has 1 aliphatic heterocycles. The number of imide groups is 1. The summed E-state index contributed by atoms with van der Waals surface area (Å²) in [7, 11) is 0. The highest BCUT2D eigenvalue weighted by molar-refractivity contribution is 8.15. The zero-order valence-electron chi connectivity index (χ0n) is 16.1. The van der Waals surface area contributed by atoms with Gasteiger partial charge in [0.1, 0.15) is 12.4 Å². The lowest BCUT2D eigenvalue weighted by Crippen LogP contribution is -2.25. The first-order chi connectivity index (χ1) is 14.7. The lowest BCUT2D eigenvalue weighted by molar-refractivity contribution is -0.118. The molecule has 1 unspecified atom stereocenters. The van der Waals surface area contributed by atoms with Crippen LogP contribution >= 0.6 is 11.8 Å². The maximum atomic E-state index is 11.6. The molecule has 0 spiro atoms. The van der Waals surface area contributed by atoms with Crippen LogP contribution in [0.25, 0.3) is 10.8 Å². The van der Waals surface area contributed by atoms with Crippen molar-refractivity contribution in [3.8, 4) is 5.75 Å². The van der Waals surface area contributed by atoms with Gasteiger partial charge in [0.15, 0.2) is 6.61 Å². The monoisotopic (exact) mass is 420 g/mol. The summed E-state index contributed by atoms with van der Waals surface area (Å²) in [5.74, 6) is 0.479. The van der Waals surface area contributed by atoms with Gasteiger partial charge in [0.05, 0.1) is 11.5 Å². The number of nitrogens with zero attached hydrogens (tertiary/aromatic N) is 1. The van der Waals surface area contributed by atoms with Crippen LogP contribution in [-0.4, -0.2) is 35.8 Å². The van der Waals surface area contributed by atoms with Gasteiger partial charge in [-0.15, -0.1) is 0 Å². The topological polar surface area (TPSA) is 77.0 Å². The molecule has 1 aliphatic rings. The van der Waals surface area contributed by atoms with Crippen molar-refractivity contribution in [3.05, 3.63) is 77.9 Å². The molecular weight excluding hydrogens is 400 g/mol. The number of carbonyl (C=O) groups excluding carboxylic acids is 2. The maximum Gasteiger partial charge on any atom is 0.286 e. The van der Waals surface area contributed by atoms with E-state index in [0.29, 0.717) is 25.4 Å². The van der Waals surface area contributed by atoms with E-state index in [2.05, 4.69) is 34.7 Å². The zero-order valence-corrected chi connectivity index (χ0v) is 16.9. The molecule has 3 aromatic carbocycles. The Balaban J connectivity index is 1.19. The zero-order chi connectivity index (χ0) is 20.8. The molecule has 0 saturated carbocycles. The third-order valence-electron chi connectivity index (χ3n) is 4.60. The number of hydrogen-bond acceptors (Lipinski definition) is 6. The smallest absolute Gasteiger partial charge is 0.286 e. The molecule has 0 aromatic heterocycles. The van der Waals surface area contributed by atoms with Gasteiger partial charge in [-0.25, -0.2) is 0 Å². The number of fused-ring (bicyclic) bond motifs is 1. The molecule has 2 amide bonds. The summed E-state index contributed by atoms with van der Waals surface area (Å²) >= 11 is 1.03. The summed E-state index contributed by atoms with van der Waals surface area (Å²) in [5.41, 5.74) is 1.95. The molecule has 1 atom stereocenters. The molecule has 1 N–H and O–H groups in total. The Labute approximate surface area is 178 Å². The van der Waals surface area contributed by atoms with E-state index in [0.717, 1.165) is 28.3 Å². The Morgan fingerprint density at radius 2 is 1.77 bits per heavy atom. The molecule has 0 bridgehead atoms. The highest BCUT2D eigenvalue weighted by Crippen LogP contribution is 2.23. The van der Waals surface area contributed by atoms with Crippen molar-refractivity contribution in [3.63, 3.8) is 0 Å². The lowest BCUT2D eigenvalue weighted by atomic mass is 10.1. The molecular formula is C23H20N2O4S. The molecule has 4 rings (SSSR count). The van der Waals surface area contributed by atoms with E-state index in [1.54, 1.807) is 6.21 Å². The third-order valence-corrected chi connectivity index (χ3v) is 5.59. The van der Waals surface area contributed by atoms with Crippen molar-refractivity contribution >= 4 is 39.9 Å². The van der Waals surface area contributed by atoms with Crippen molar-refractivity contribution < 1.29 is 19.2 Å². The Kier molecular flexibility index (Phi) is 6.29. The second kappa shape index (κ2) is 9.45. The summed E-state index contributed by atoms with van der Waals surface area (Å²) in [6.45, 7) is 0.691. The Morgan fingerprint density at radius 3 is 2.53 bits per heavy atom. The fourth-order valence-electron chi connectivity index (χ4n) is 3.10. The fourth-order valence-corrected chi connectivity index (χ4v) is 3.96. The van der Waals surface area contributed by atoms with Crippen LogP contribution in [0, 0.1) is 0 Å². The summed E-state index contributed by atoms with van der Waals surface area (Å²) in [6.07, 6.45) is 2.19. The highest BCUT2D eigenvalue weighted by Gasteiger charge is 2.31. The van der Waals surface area contributed by atoms with Crippen LogP contribution in [0.15, 0.2) is 71.9 Å². The van der Waals surface area contributed by atoms with Crippen molar-refractivity contribution in [2.75, 3.05) is 13.2 Å². The standard InChI is InChI=1S/C23H20N2O4S/c26-22-21(30-23(27)25-22)14-16-6-9-20(10-7-16)28-11-12-29-24-15-17-5-8-18-3-1-2-4-19(18)13-17/h1-10,13,15,21H,11-12,14H2,(H,25,26,27)/b24-15+. The van der Waals surface area contributed by atoms with Gasteiger partial charge in [0, 0.05) is 0 Å². The predicted molar refractivity (Wildman–Crippen MR) is 118 cm³/mol. The lowest BCUT2D eigenvalue weighted by Gasteiger charge is -2.08. The summed E-state index contributed by atoms with van der Waals surface area (Å²) < 4.78 is 5.64. The Morgan fingerprint density at radius 1 is 0.967 bits per heavy atom. The van der Waals surface area contributed by atoms with E-state index in [1.807, 2.05) is 42.5 Å². The first-order valence-electron chi connectivity index (χ1n) is 9.55. The molecule has 0 radical (unpaired) electrons. The first kappa shape index (κ1) is 20.0. The van der Waals surface area contributed by atoms with Crippen LogP contribution in [0.2, 0.25) is 0 Å². The van der Waals surface area contributed by atoms with E-state index in [-0.39, 0.29) is 16.4 Å². The highest BCUT2D eigenvalue weighted by atomic mass is 32.2. The average Bonchev–Trinajstić information content (AvgIpc) is 3.08. The number of ether oxygens (including phenoxy) is 1. The van der Waals surface area contributed by atoms with Crippen molar-refractivity contribution in [1.82, 2.24) is 5.32 Å². The maximum absolute atomic E-state index is 11.6.